The fraction of sp³-hybridized carbons (Fsp3) is 0.227. The summed E-state index contributed by atoms with van der Waals surface area (Å²) in [6.45, 7) is 12.7. The Morgan fingerprint density at radius 1 is 1.04 bits per heavy atom. The van der Waals surface area contributed by atoms with Crippen LogP contribution in [0, 0.1) is 13.8 Å². The number of benzene rings is 2. The molecule has 0 aliphatic rings. The van der Waals surface area contributed by atoms with E-state index in [1.165, 1.54) is 33.2 Å². The van der Waals surface area contributed by atoms with Gasteiger partial charge in [-0.2, -0.15) is 0 Å². The average Bonchev–Trinajstić information content (AvgIpc) is 2.53. The van der Waals surface area contributed by atoms with Crippen molar-refractivity contribution in [2.45, 2.75) is 33.6 Å². The highest BCUT2D eigenvalue weighted by molar-refractivity contribution is 5.83. The molecule has 0 amide bonds. The fourth-order valence-electron chi connectivity index (χ4n) is 3.12. The van der Waals surface area contributed by atoms with Crippen LogP contribution in [-0.4, -0.2) is 4.98 Å². The van der Waals surface area contributed by atoms with Crippen molar-refractivity contribution in [3.63, 3.8) is 0 Å². The van der Waals surface area contributed by atoms with E-state index in [4.69, 9.17) is 4.98 Å². The lowest BCUT2D eigenvalue weighted by Gasteiger charge is -2.19. The summed E-state index contributed by atoms with van der Waals surface area (Å²) in [5, 5.41) is 1.19. The topological polar surface area (TPSA) is 12.9 Å². The Balaban J connectivity index is 2.20. The molecule has 0 fully saturated rings. The molecule has 3 aromatic rings. The number of fused-ring (bicyclic) bond motifs is 1. The molecule has 0 aliphatic heterocycles. The first-order chi connectivity index (χ1) is 11.0. The highest BCUT2D eigenvalue weighted by atomic mass is 14.7. The van der Waals surface area contributed by atoms with E-state index in [1.807, 2.05) is 0 Å². The molecule has 0 aliphatic carbocycles. The Hall–Kier alpha value is -2.41. The number of aromatic nitrogens is 1. The van der Waals surface area contributed by atoms with Gasteiger partial charge in [0.15, 0.2) is 0 Å². The van der Waals surface area contributed by atoms with Crippen LogP contribution >= 0.6 is 0 Å². The van der Waals surface area contributed by atoms with E-state index in [-0.39, 0.29) is 0 Å². The molecule has 1 aromatic heterocycles. The van der Waals surface area contributed by atoms with Crippen LogP contribution in [-0.2, 0) is 0 Å². The van der Waals surface area contributed by atoms with E-state index in [0.717, 1.165) is 11.2 Å². The molecule has 1 atom stereocenters. The van der Waals surface area contributed by atoms with E-state index >= 15 is 0 Å². The number of hydrogen-bond donors (Lipinski definition) is 0. The smallest absolute Gasteiger partial charge is 0.0712 e. The van der Waals surface area contributed by atoms with Gasteiger partial charge >= 0.3 is 0 Å². The molecule has 0 saturated carbocycles. The first-order valence-corrected chi connectivity index (χ1v) is 8.10. The van der Waals surface area contributed by atoms with E-state index in [2.05, 4.69) is 82.8 Å². The molecule has 0 bridgehead atoms. The third-order valence-electron chi connectivity index (χ3n) is 4.62. The number of nitrogens with zero attached hydrogens (tertiary/aromatic N) is 1. The quantitative estimate of drug-likeness (QED) is 0.525. The van der Waals surface area contributed by atoms with Crippen molar-refractivity contribution >= 4 is 10.9 Å². The molecule has 1 nitrogen and oxygen atoms in total. The van der Waals surface area contributed by atoms with Gasteiger partial charge in [-0.25, -0.2) is 4.98 Å². The van der Waals surface area contributed by atoms with Crippen LogP contribution < -0.4 is 0 Å². The Morgan fingerprint density at radius 3 is 2.57 bits per heavy atom. The highest BCUT2D eigenvalue weighted by Crippen LogP contribution is 2.34. The predicted octanol–water partition coefficient (Wildman–Crippen LogP) is 6.20. The van der Waals surface area contributed by atoms with Crippen LogP contribution in [0.15, 0.2) is 60.7 Å². The van der Waals surface area contributed by atoms with Gasteiger partial charge in [0.05, 0.1) is 11.2 Å². The monoisotopic (exact) mass is 301 g/mol. The van der Waals surface area contributed by atoms with Gasteiger partial charge in [-0.1, -0.05) is 55.0 Å². The second-order valence-corrected chi connectivity index (χ2v) is 6.50. The van der Waals surface area contributed by atoms with Crippen molar-refractivity contribution in [1.29, 1.82) is 0 Å². The summed E-state index contributed by atoms with van der Waals surface area (Å²) in [6.07, 6.45) is 0. The van der Waals surface area contributed by atoms with Crippen molar-refractivity contribution in [3.8, 4) is 11.3 Å². The average molecular weight is 301 g/mol. The Bertz CT molecular complexity index is 890. The lowest BCUT2D eigenvalue weighted by Crippen LogP contribution is -2.01. The molecule has 3 rings (SSSR count). The van der Waals surface area contributed by atoms with Gasteiger partial charge in [0.2, 0.25) is 0 Å². The van der Waals surface area contributed by atoms with Crippen LogP contribution in [0.2, 0.25) is 0 Å². The second kappa shape index (κ2) is 6.00. The summed E-state index contributed by atoms with van der Waals surface area (Å²) in [7, 11) is 0. The Labute approximate surface area is 138 Å². The van der Waals surface area contributed by atoms with Crippen LogP contribution in [0.1, 0.15) is 36.5 Å². The molecule has 1 heteroatoms. The molecule has 0 radical (unpaired) electrons. The first kappa shape index (κ1) is 15.5. The number of aryl methyl sites for hydroxylation is 2. The largest absolute Gasteiger partial charge is 0.248 e. The maximum Gasteiger partial charge on any atom is 0.0712 e. The van der Waals surface area contributed by atoms with Crippen molar-refractivity contribution in [3.05, 3.63) is 77.4 Å². The minimum Gasteiger partial charge on any atom is -0.248 e. The number of pyridine rings is 1. The van der Waals surface area contributed by atoms with E-state index < -0.39 is 0 Å². The van der Waals surface area contributed by atoms with Gasteiger partial charge in [-0.3, -0.25) is 0 Å². The predicted molar refractivity (Wildman–Crippen MR) is 99.9 cm³/mol. The van der Waals surface area contributed by atoms with Gasteiger partial charge in [0, 0.05) is 16.9 Å². The van der Waals surface area contributed by atoms with Gasteiger partial charge in [0.1, 0.15) is 0 Å². The number of rotatable bonds is 3. The molecule has 2 aromatic carbocycles. The molecule has 23 heavy (non-hydrogen) atoms. The normalized spacial score (nSPS) is 12.3. The van der Waals surface area contributed by atoms with Crippen molar-refractivity contribution in [1.82, 2.24) is 4.98 Å². The number of hydrogen-bond acceptors (Lipinski definition) is 1. The summed E-state index contributed by atoms with van der Waals surface area (Å²) in [4.78, 5) is 4.90. The zero-order valence-electron chi connectivity index (χ0n) is 14.4. The fourth-order valence-corrected chi connectivity index (χ4v) is 3.12. The Kier molecular flexibility index (Phi) is 4.04. The van der Waals surface area contributed by atoms with E-state index in [9.17, 15) is 0 Å². The zero-order valence-corrected chi connectivity index (χ0v) is 14.4. The van der Waals surface area contributed by atoms with Crippen LogP contribution in [0.25, 0.3) is 22.2 Å². The van der Waals surface area contributed by atoms with Crippen molar-refractivity contribution in [2.24, 2.45) is 0 Å². The van der Waals surface area contributed by atoms with Crippen molar-refractivity contribution < 1.29 is 0 Å². The molecular formula is C22H23N. The van der Waals surface area contributed by atoms with Crippen LogP contribution in [0.4, 0.5) is 0 Å². The minimum absolute atomic E-state index is 0.321. The summed E-state index contributed by atoms with van der Waals surface area (Å²) < 4.78 is 0. The zero-order chi connectivity index (χ0) is 16.6. The maximum absolute atomic E-state index is 4.90. The third-order valence-corrected chi connectivity index (χ3v) is 4.62. The first-order valence-electron chi connectivity index (χ1n) is 8.10. The molecule has 0 N–H and O–H groups in total. The van der Waals surface area contributed by atoms with Crippen LogP contribution in [0.5, 0.6) is 0 Å². The maximum atomic E-state index is 4.90. The lowest BCUT2D eigenvalue weighted by atomic mass is 9.86. The second-order valence-electron chi connectivity index (χ2n) is 6.50. The van der Waals surface area contributed by atoms with Gasteiger partial charge in [-0.05, 0) is 50.1 Å². The minimum atomic E-state index is 0.321. The molecule has 116 valence electrons. The summed E-state index contributed by atoms with van der Waals surface area (Å²) in [5.74, 6) is 0.321. The molecular weight excluding hydrogens is 278 g/mol. The lowest BCUT2D eigenvalue weighted by molar-refractivity contribution is 0.889. The standard InChI is InChI=1S/C22H23N/c1-14(2)17(5)22-16(4)7-6-8-19(22)21-12-10-18-13-15(3)9-11-20(18)23-21/h6-13,17H,1H2,2-5H3. The summed E-state index contributed by atoms with van der Waals surface area (Å²) in [6, 6.07) is 17.2. The SMILES string of the molecule is C=C(C)C(C)c1c(C)cccc1-c1ccc2cc(C)ccc2n1. The molecule has 0 spiro atoms. The molecule has 1 heterocycles. The molecule has 0 saturated heterocycles. The Morgan fingerprint density at radius 2 is 1.83 bits per heavy atom. The van der Waals surface area contributed by atoms with E-state index in [0.29, 0.717) is 5.92 Å². The summed E-state index contributed by atoms with van der Waals surface area (Å²) in [5.41, 5.74) is 8.36. The molecule has 1 unspecified atom stereocenters. The third kappa shape index (κ3) is 2.92. The van der Waals surface area contributed by atoms with E-state index in [1.54, 1.807) is 0 Å². The van der Waals surface area contributed by atoms with Gasteiger partial charge in [0.25, 0.3) is 0 Å². The highest BCUT2D eigenvalue weighted by Gasteiger charge is 2.16. The van der Waals surface area contributed by atoms with Crippen LogP contribution in [0.3, 0.4) is 0 Å². The van der Waals surface area contributed by atoms with Gasteiger partial charge < -0.3 is 0 Å². The number of allylic oxidation sites excluding steroid dienone is 1. The van der Waals surface area contributed by atoms with Gasteiger partial charge in [-0.15, -0.1) is 0 Å². The summed E-state index contributed by atoms with van der Waals surface area (Å²) >= 11 is 0. The van der Waals surface area contributed by atoms with Crippen molar-refractivity contribution in [2.75, 3.05) is 0 Å².